The molecular formula is C13H21N3O. The highest BCUT2D eigenvalue weighted by Gasteiger charge is 2.12. The molecule has 1 aromatic carbocycles. The van der Waals surface area contributed by atoms with Crippen LogP contribution in [0.5, 0.6) is 0 Å². The molecule has 94 valence electrons. The predicted molar refractivity (Wildman–Crippen MR) is 70.7 cm³/mol. The first-order chi connectivity index (χ1) is 8.04. The maximum absolute atomic E-state index is 11.7. The van der Waals surface area contributed by atoms with Gasteiger partial charge < -0.3 is 16.0 Å². The van der Waals surface area contributed by atoms with Gasteiger partial charge in [-0.3, -0.25) is 4.79 Å². The van der Waals surface area contributed by atoms with Crippen LogP contribution in [-0.4, -0.2) is 30.9 Å². The Bertz CT molecular complexity index is 377. The quantitative estimate of drug-likeness (QED) is 0.811. The Morgan fingerprint density at radius 3 is 2.65 bits per heavy atom. The molecule has 0 saturated heterocycles. The van der Waals surface area contributed by atoms with Crippen LogP contribution in [0.3, 0.4) is 0 Å². The molecule has 0 bridgehead atoms. The minimum Gasteiger partial charge on any atom is -0.324 e. The van der Waals surface area contributed by atoms with E-state index in [1.54, 1.807) is 0 Å². The van der Waals surface area contributed by atoms with Gasteiger partial charge in [-0.2, -0.15) is 0 Å². The van der Waals surface area contributed by atoms with Crippen molar-refractivity contribution in [2.75, 3.05) is 19.4 Å². The second-order valence-electron chi connectivity index (χ2n) is 4.40. The third-order valence-electron chi connectivity index (χ3n) is 2.54. The van der Waals surface area contributed by atoms with Crippen molar-refractivity contribution in [3.63, 3.8) is 0 Å². The highest BCUT2D eigenvalue weighted by Crippen LogP contribution is 2.16. The Labute approximate surface area is 103 Å². The lowest BCUT2D eigenvalue weighted by atomic mass is 10.1. The third kappa shape index (κ3) is 4.17. The van der Waals surface area contributed by atoms with E-state index in [9.17, 15) is 4.79 Å². The molecule has 0 fully saturated rings. The van der Waals surface area contributed by atoms with Crippen LogP contribution < -0.4 is 11.1 Å². The molecule has 0 aromatic heterocycles. The van der Waals surface area contributed by atoms with Crippen molar-refractivity contribution in [3.05, 3.63) is 29.8 Å². The van der Waals surface area contributed by atoms with Crippen LogP contribution >= 0.6 is 0 Å². The number of para-hydroxylation sites is 1. The SMILES string of the molecule is CCC(N)C(=O)Nc1ccccc1CN(C)C. The van der Waals surface area contributed by atoms with E-state index < -0.39 is 6.04 Å². The summed E-state index contributed by atoms with van der Waals surface area (Å²) in [5.74, 6) is -0.126. The van der Waals surface area contributed by atoms with E-state index in [-0.39, 0.29) is 5.91 Å². The fraction of sp³-hybridized carbons (Fsp3) is 0.462. The molecule has 0 aliphatic heterocycles. The average Bonchev–Trinajstić information content (AvgIpc) is 2.29. The number of carbonyl (C=O) groups is 1. The topological polar surface area (TPSA) is 58.4 Å². The van der Waals surface area contributed by atoms with Crippen LogP contribution in [0.25, 0.3) is 0 Å². The molecule has 0 aliphatic rings. The van der Waals surface area contributed by atoms with Crippen molar-refractivity contribution in [1.82, 2.24) is 4.90 Å². The lowest BCUT2D eigenvalue weighted by molar-refractivity contribution is -0.117. The molecule has 1 rings (SSSR count). The number of hydrogen-bond acceptors (Lipinski definition) is 3. The molecule has 3 N–H and O–H groups in total. The Kier molecular flexibility index (Phi) is 5.12. The second kappa shape index (κ2) is 6.37. The summed E-state index contributed by atoms with van der Waals surface area (Å²) >= 11 is 0. The van der Waals surface area contributed by atoms with Gasteiger partial charge in [0.1, 0.15) is 0 Å². The van der Waals surface area contributed by atoms with E-state index in [2.05, 4.69) is 10.2 Å². The Morgan fingerprint density at radius 1 is 1.41 bits per heavy atom. The van der Waals surface area contributed by atoms with E-state index in [0.29, 0.717) is 6.42 Å². The second-order valence-corrected chi connectivity index (χ2v) is 4.40. The summed E-state index contributed by atoms with van der Waals surface area (Å²) in [7, 11) is 3.99. The summed E-state index contributed by atoms with van der Waals surface area (Å²) in [6.45, 7) is 2.69. The van der Waals surface area contributed by atoms with Crippen LogP contribution in [0.4, 0.5) is 5.69 Å². The fourth-order valence-electron chi connectivity index (χ4n) is 1.53. The first-order valence-electron chi connectivity index (χ1n) is 5.83. The van der Waals surface area contributed by atoms with Gasteiger partial charge in [0.15, 0.2) is 0 Å². The van der Waals surface area contributed by atoms with Gasteiger partial charge in [-0.25, -0.2) is 0 Å². The molecule has 0 saturated carbocycles. The summed E-state index contributed by atoms with van der Waals surface area (Å²) in [6, 6.07) is 7.34. The number of carbonyl (C=O) groups excluding carboxylic acids is 1. The molecule has 0 spiro atoms. The number of amides is 1. The van der Waals surface area contributed by atoms with E-state index in [4.69, 9.17) is 5.73 Å². The molecule has 1 aromatic rings. The van der Waals surface area contributed by atoms with Crippen molar-refractivity contribution in [1.29, 1.82) is 0 Å². The monoisotopic (exact) mass is 235 g/mol. The van der Waals surface area contributed by atoms with Crippen LogP contribution in [0.1, 0.15) is 18.9 Å². The van der Waals surface area contributed by atoms with Gasteiger partial charge >= 0.3 is 0 Å². The summed E-state index contributed by atoms with van der Waals surface area (Å²) in [4.78, 5) is 13.8. The molecule has 1 unspecified atom stereocenters. The normalized spacial score (nSPS) is 12.5. The molecule has 0 radical (unpaired) electrons. The number of nitrogens with two attached hydrogens (primary N) is 1. The van der Waals surface area contributed by atoms with Gasteiger partial charge in [-0.1, -0.05) is 25.1 Å². The van der Waals surface area contributed by atoms with Crippen LogP contribution in [0, 0.1) is 0 Å². The largest absolute Gasteiger partial charge is 0.324 e. The molecular weight excluding hydrogens is 214 g/mol. The Morgan fingerprint density at radius 2 is 2.06 bits per heavy atom. The predicted octanol–water partition coefficient (Wildman–Crippen LogP) is 1.42. The van der Waals surface area contributed by atoms with Crippen molar-refractivity contribution < 1.29 is 4.79 Å². The molecule has 0 aliphatic carbocycles. The fourth-order valence-corrected chi connectivity index (χ4v) is 1.53. The zero-order chi connectivity index (χ0) is 12.8. The summed E-state index contributed by atoms with van der Waals surface area (Å²) < 4.78 is 0. The summed E-state index contributed by atoms with van der Waals surface area (Å²) in [6.07, 6.45) is 0.641. The van der Waals surface area contributed by atoms with Crippen molar-refractivity contribution >= 4 is 11.6 Å². The minimum absolute atomic E-state index is 0.126. The van der Waals surface area contributed by atoms with Gasteiger partial charge in [0.05, 0.1) is 6.04 Å². The maximum Gasteiger partial charge on any atom is 0.241 e. The maximum atomic E-state index is 11.7. The first-order valence-corrected chi connectivity index (χ1v) is 5.83. The zero-order valence-corrected chi connectivity index (χ0v) is 10.7. The Hall–Kier alpha value is -1.39. The third-order valence-corrected chi connectivity index (χ3v) is 2.54. The standard InChI is InChI=1S/C13H21N3O/c1-4-11(14)13(17)15-12-8-6-5-7-10(12)9-16(2)3/h5-8,11H,4,9,14H2,1-3H3,(H,15,17). The van der Waals surface area contributed by atoms with E-state index >= 15 is 0 Å². The van der Waals surface area contributed by atoms with Crippen LogP contribution in [-0.2, 0) is 11.3 Å². The van der Waals surface area contributed by atoms with Crippen LogP contribution in [0.15, 0.2) is 24.3 Å². The minimum atomic E-state index is -0.442. The highest BCUT2D eigenvalue weighted by atomic mass is 16.2. The highest BCUT2D eigenvalue weighted by molar-refractivity contribution is 5.95. The number of benzene rings is 1. The smallest absolute Gasteiger partial charge is 0.241 e. The number of anilines is 1. The van der Waals surface area contributed by atoms with E-state index in [1.807, 2.05) is 45.3 Å². The Balaban J connectivity index is 2.79. The summed E-state index contributed by atoms with van der Waals surface area (Å²) in [5.41, 5.74) is 7.63. The van der Waals surface area contributed by atoms with E-state index in [0.717, 1.165) is 17.8 Å². The molecule has 17 heavy (non-hydrogen) atoms. The molecule has 4 nitrogen and oxygen atoms in total. The number of nitrogens with zero attached hydrogens (tertiary/aromatic N) is 1. The molecule has 4 heteroatoms. The average molecular weight is 235 g/mol. The van der Waals surface area contributed by atoms with Crippen LogP contribution in [0.2, 0.25) is 0 Å². The van der Waals surface area contributed by atoms with Crippen molar-refractivity contribution in [2.45, 2.75) is 25.9 Å². The number of rotatable bonds is 5. The lowest BCUT2D eigenvalue weighted by Gasteiger charge is -2.16. The number of nitrogens with one attached hydrogen (secondary N) is 1. The van der Waals surface area contributed by atoms with Crippen molar-refractivity contribution in [3.8, 4) is 0 Å². The van der Waals surface area contributed by atoms with Crippen molar-refractivity contribution in [2.24, 2.45) is 5.73 Å². The van der Waals surface area contributed by atoms with Gasteiger partial charge in [-0.15, -0.1) is 0 Å². The van der Waals surface area contributed by atoms with Gasteiger partial charge in [-0.05, 0) is 32.1 Å². The first kappa shape index (κ1) is 13.7. The number of hydrogen-bond donors (Lipinski definition) is 2. The van der Waals surface area contributed by atoms with E-state index in [1.165, 1.54) is 0 Å². The molecule has 1 atom stereocenters. The van der Waals surface area contributed by atoms with Gasteiger partial charge in [0, 0.05) is 12.2 Å². The molecule has 0 heterocycles. The van der Waals surface area contributed by atoms with Gasteiger partial charge in [0.2, 0.25) is 5.91 Å². The summed E-state index contributed by atoms with van der Waals surface area (Å²) in [5, 5.41) is 2.88. The lowest BCUT2D eigenvalue weighted by Crippen LogP contribution is -2.35. The van der Waals surface area contributed by atoms with Gasteiger partial charge in [0.25, 0.3) is 0 Å². The zero-order valence-electron chi connectivity index (χ0n) is 10.7. The molecule has 1 amide bonds.